The van der Waals surface area contributed by atoms with Gasteiger partial charge in [-0.25, -0.2) is 0 Å². The Bertz CT molecular complexity index is 966. The summed E-state index contributed by atoms with van der Waals surface area (Å²) in [5.41, 5.74) is 0. The summed E-state index contributed by atoms with van der Waals surface area (Å²) in [6.45, 7) is 7.65. The smallest absolute Gasteiger partial charge is 0.306 e. The molecule has 0 aromatic heterocycles. The maximum Gasteiger partial charge on any atom is 0.306 e. The first-order valence-electron chi connectivity index (χ1n) is 25.2. The minimum Gasteiger partial charge on any atom is -0.462 e. The molecule has 0 fully saturated rings. The van der Waals surface area contributed by atoms with E-state index in [1.165, 1.54) is 135 Å². The van der Waals surface area contributed by atoms with E-state index in [4.69, 9.17) is 14.2 Å². The first-order valence-corrected chi connectivity index (χ1v) is 25.2. The molecule has 58 heavy (non-hydrogen) atoms. The lowest BCUT2D eigenvalue weighted by Crippen LogP contribution is -2.30. The van der Waals surface area contributed by atoms with Crippen molar-refractivity contribution >= 4 is 11.9 Å². The molecule has 0 spiro atoms. The molecule has 5 nitrogen and oxygen atoms in total. The van der Waals surface area contributed by atoms with Gasteiger partial charge in [0.15, 0.2) is 6.10 Å². The number of carbonyl (C=O) groups is 2. The molecule has 5 heteroatoms. The lowest BCUT2D eigenvalue weighted by Gasteiger charge is -2.18. The summed E-state index contributed by atoms with van der Waals surface area (Å²) in [5, 5.41) is 0. The van der Waals surface area contributed by atoms with Crippen LogP contribution >= 0.6 is 0 Å². The topological polar surface area (TPSA) is 61.8 Å². The predicted molar refractivity (Wildman–Crippen MR) is 251 cm³/mol. The van der Waals surface area contributed by atoms with Gasteiger partial charge in [0.2, 0.25) is 0 Å². The number of carbonyl (C=O) groups excluding carboxylic acids is 2. The van der Waals surface area contributed by atoms with Gasteiger partial charge in [-0.1, -0.05) is 230 Å². The van der Waals surface area contributed by atoms with E-state index < -0.39 is 6.10 Å². The Hall–Kier alpha value is -2.14. The Morgan fingerprint density at radius 3 is 1.24 bits per heavy atom. The highest BCUT2D eigenvalue weighted by atomic mass is 16.6. The number of hydrogen-bond donors (Lipinski definition) is 0. The van der Waals surface area contributed by atoms with E-state index >= 15 is 0 Å². The van der Waals surface area contributed by atoms with Crippen molar-refractivity contribution in [2.45, 2.75) is 258 Å². The number of allylic oxidation sites excluding steroid dienone is 8. The van der Waals surface area contributed by atoms with Gasteiger partial charge in [0, 0.05) is 19.4 Å². The molecule has 0 amide bonds. The highest BCUT2D eigenvalue weighted by Gasteiger charge is 2.17. The Kier molecular flexibility index (Phi) is 47.4. The third kappa shape index (κ3) is 46.5. The van der Waals surface area contributed by atoms with Gasteiger partial charge in [0.25, 0.3) is 0 Å². The van der Waals surface area contributed by atoms with Crippen LogP contribution in [0.3, 0.4) is 0 Å². The molecule has 0 N–H and O–H groups in total. The molecule has 0 rings (SSSR count). The normalized spacial score (nSPS) is 12.5. The zero-order valence-corrected chi connectivity index (χ0v) is 38.8. The van der Waals surface area contributed by atoms with Crippen LogP contribution in [0, 0.1) is 0 Å². The Labute approximate surface area is 361 Å². The summed E-state index contributed by atoms with van der Waals surface area (Å²) in [5.74, 6) is -0.429. The molecule has 338 valence electrons. The van der Waals surface area contributed by atoms with Crippen molar-refractivity contribution in [3.8, 4) is 0 Å². The van der Waals surface area contributed by atoms with E-state index in [-0.39, 0.29) is 25.2 Å². The zero-order valence-electron chi connectivity index (χ0n) is 38.8. The van der Waals surface area contributed by atoms with Crippen LogP contribution in [0.15, 0.2) is 48.6 Å². The molecule has 0 bridgehead atoms. The fraction of sp³-hybridized carbons (Fsp3) is 0.811. The Morgan fingerprint density at radius 1 is 0.397 bits per heavy atom. The highest BCUT2D eigenvalue weighted by molar-refractivity contribution is 5.70. The van der Waals surface area contributed by atoms with Crippen molar-refractivity contribution in [1.29, 1.82) is 0 Å². The van der Waals surface area contributed by atoms with Gasteiger partial charge in [-0.05, 0) is 57.8 Å². The van der Waals surface area contributed by atoms with Crippen LogP contribution in [0.2, 0.25) is 0 Å². The maximum absolute atomic E-state index is 12.6. The van der Waals surface area contributed by atoms with E-state index in [1.807, 2.05) is 0 Å². The fourth-order valence-electron chi connectivity index (χ4n) is 7.15. The molecule has 0 radical (unpaired) electrons. The lowest BCUT2D eigenvalue weighted by molar-refractivity contribution is -0.163. The summed E-state index contributed by atoms with van der Waals surface area (Å²) in [6.07, 6.45) is 60.1. The quantitative estimate of drug-likeness (QED) is 0.0348. The van der Waals surface area contributed by atoms with Crippen LogP contribution in [0.5, 0.6) is 0 Å². The SMILES string of the molecule is CC/C=C\C/C=C\C/C=C\C/C=C\CCCCCCC(=O)OCC(COCCCCCCCCCCCCCCCCCCCCCC)OC(=O)CCCCCCC. The Morgan fingerprint density at radius 2 is 0.776 bits per heavy atom. The highest BCUT2D eigenvalue weighted by Crippen LogP contribution is 2.15. The van der Waals surface area contributed by atoms with E-state index in [0.717, 1.165) is 83.5 Å². The number of unbranched alkanes of at least 4 members (excludes halogenated alkanes) is 27. The van der Waals surface area contributed by atoms with Gasteiger partial charge in [-0.2, -0.15) is 0 Å². The summed E-state index contributed by atoms with van der Waals surface area (Å²) in [6, 6.07) is 0. The average Bonchev–Trinajstić information content (AvgIpc) is 3.22. The number of esters is 2. The molecule has 1 atom stereocenters. The van der Waals surface area contributed by atoms with Crippen LogP contribution in [-0.4, -0.2) is 37.9 Å². The number of rotatable bonds is 46. The predicted octanol–water partition coefficient (Wildman–Crippen LogP) is 16.8. The summed E-state index contributed by atoms with van der Waals surface area (Å²) in [4.78, 5) is 25.1. The van der Waals surface area contributed by atoms with E-state index in [9.17, 15) is 9.59 Å². The fourth-order valence-corrected chi connectivity index (χ4v) is 7.15. The summed E-state index contributed by atoms with van der Waals surface area (Å²) >= 11 is 0. The standard InChI is InChI=1S/C53H96O5/c1-4-7-10-13-15-17-19-21-23-25-26-27-29-31-33-35-37-39-42-45-48-56-49-51(58-53(55)47-44-40-12-9-6-3)50-57-52(54)46-43-41-38-36-34-32-30-28-24-22-20-18-16-14-11-8-5-2/h8,11,16,18,22,24,30,32,51H,4-7,9-10,12-15,17,19-21,23,25-29,31,33-50H2,1-3H3/b11-8-,18-16-,24-22-,32-30-. The van der Waals surface area contributed by atoms with Crippen molar-refractivity contribution in [1.82, 2.24) is 0 Å². The third-order valence-electron chi connectivity index (χ3n) is 10.9. The average molecular weight is 813 g/mol. The van der Waals surface area contributed by atoms with Gasteiger partial charge in [-0.15, -0.1) is 0 Å². The first-order chi connectivity index (χ1) is 28.6. The molecule has 0 saturated heterocycles. The molecule has 0 saturated carbocycles. The van der Waals surface area contributed by atoms with Crippen LogP contribution < -0.4 is 0 Å². The number of hydrogen-bond acceptors (Lipinski definition) is 5. The summed E-state index contributed by atoms with van der Waals surface area (Å²) < 4.78 is 17.2. The minimum atomic E-state index is -0.539. The maximum atomic E-state index is 12.6. The van der Waals surface area contributed by atoms with Gasteiger partial charge in [-0.3, -0.25) is 9.59 Å². The van der Waals surface area contributed by atoms with Crippen molar-refractivity contribution < 1.29 is 23.8 Å². The van der Waals surface area contributed by atoms with Gasteiger partial charge < -0.3 is 14.2 Å². The van der Waals surface area contributed by atoms with Gasteiger partial charge in [0.1, 0.15) is 6.61 Å². The molecular weight excluding hydrogens is 717 g/mol. The minimum absolute atomic E-state index is 0.0749. The number of ether oxygens (including phenoxy) is 3. The van der Waals surface area contributed by atoms with E-state index in [0.29, 0.717) is 19.4 Å². The Balaban J connectivity index is 4.01. The van der Waals surface area contributed by atoms with Crippen LogP contribution in [0.1, 0.15) is 252 Å². The van der Waals surface area contributed by atoms with Crippen molar-refractivity contribution in [3.05, 3.63) is 48.6 Å². The van der Waals surface area contributed by atoms with Crippen LogP contribution in [-0.2, 0) is 23.8 Å². The van der Waals surface area contributed by atoms with Crippen molar-refractivity contribution in [2.24, 2.45) is 0 Å². The first kappa shape index (κ1) is 55.9. The molecule has 0 aliphatic rings. The molecule has 1 unspecified atom stereocenters. The molecule has 0 aromatic carbocycles. The molecule has 0 aliphatic heterocycles. The third-order valence-corrected chi connectivity index (χ3v) is 10.9. The largest absolute Gasteiger partial charge is 0.462 e. The van der Waals surface area contributed by atoms with Crippen molar-refractivity contribution in [3.63, 3.8) is 0 Å². The zero-order chi connectivity index (χ0) is 42.1. The second-order valence-corrected chi connectivity index (χ2v) is 16.7. The van der Waals surface area contributed by atoms with E-state index in [2.05, 4.69) is 69.4 Å². The molecule has 0 aromatic rings. The molecule has 0 aliphatic carbocycles. The van der Waals surface area contributed by atoms with Crippen molar-refractivity contribution in [2.75, 3.05) is 19.8 Å². The molecular formula is C53H96O5. The monoisotopic (exact) mass is 813 g/mol. The lowest BCUT2D eigenvalue weighted by atomic mass is 10.0. The second kappa shape index (κ2) is 49.2. The van der Waals surface area contributed by atoms with Gasteiger partial charge in [0.05, 0.1) is 6.61 Å². The molecule has 0 heterocycles. The van der Waals surface area contributed by atoms with Crippen LogP contribution in [0.25, 0.3) is 0 Å². The second-order valence-electron chi connectivity index (χ2n) is 16.7. The van der Waals surface area contributed by atoms with Crippen LogP contribution in [0.4, 0.5) is 0 Å². The summed E-state index contributed by atoms with van der Waals surface area (Å²) in [7, 11) is 0. The van der Waals surface area contributed by atoms with Gasteiger partial charge >= 0.3 is 11.9 Å². The van der Waals surface area contributed by atoms with E-state index in [1.54, 1.807) is 0 Å².